The number of aliphatic hydroxyl groups excluding tert-OH is 2. The summed E-state index contributed by atoms with van der Waals surface area (Å²) < 4.78 is 4.97. The van der Waals surface area contributed by atoms with Gasteiger partial charge >= 0.3 is 5.97 Å². The van der Waals surface area contributed by atoms with Gasteiger partial charge in [0.15, 0.2) is 0 Å². The van der Waals surface area contributed by atoms with E-state index in [0.717, 1.165) is 49.8 Å². The number of aliphatic hydroxyl groups is 2. The molecule has 0 aliphatic heterocycles. The fourth-order valence-corrected chi connectivity index (χ4v) is 6.26. The maximum Gasteiger partial charge on any atom is 0.348 e. The molecule has 1 heterocycles. The van der Waals surface area contributed by atoms with Crippen LogP contribution in [0.15, 0.2) is 36.4 Å². The lowest BCUT2D eigenvalue weighted by Gasteiger charge is -2.23. The zero-order chi connectivity index (χ0) is 22.9. The first kappa shape index (κ1) is 25.2. The molecule has 0 unspecified atom stereocenters. The number of thiophene rings is 1. The van der Waals surface area contributed by atoms with Crippen LogP contribution in [-0.4, -0.2) is 40.9 Å². The van der Waals surface area contributed by atoms with Crippen LogP contribution in [0.4, 0.5) is 0 Å². The number of benzene rings is 1. The molecule has 1 aliphatic carbocycles. The van der Waals surface area contributed by atoms with Crippen LogP contribution in [0.2, 0.25) is 0 Å². The SMILES string of the molecule is CCc1cccc(CCC[C@@H]2[C@@H](CCCc3ccc(C(=O)OCCO)s3)[C@H](Cl)C[C@H]2O)c1. The minimum Gasteiger partial charge on any atom is -0.459 e. The molecule has 176 valence electrons. The fraction of sp³-hybridized carbons (Fsp3) is 0.577. The van der Waals surface area contributed by atoms with Gasteiger partial charge in [0.05, 0.1) is 12.7 Å². The molecule has 0 spiro atoms. The molecular formula is C26H35ClO4S. The third-order valence-corrected chi connectivity index (χ3v) is 8.15. The highest BCUT2D eigenvalue weighted by molar-refractivity contribution is 7.13. The second kappa shape index (κ2) is 12.7. The number of carbonyl (C=O) groups is 1. The van der Waals surface area contributed by atoms with E-state index >= 15 is 0 Å². The summed E-state index contributed by atoms with van der Waals surface area (Å²) in [5.41, 5.74) is 2.75. The molecule has 4 nitrogen and oxygen atoms in total. The number of esters is 1. The molecule has 0 saturated heterocycles. The van der Waals surface area contributed by atoms with E-state index < -0.39 is 0 Å². The molecular weight excluding hydrogens is 444 g/mol. The van der Waals surface area contributed by atoms with Crippen molar-refractivity contribution in [2.75, 3.05) is 13.2 Å². The monoisotopic (exact) mass is 478 g/mol. The average molecular weight is 479 g/mol. The van der Waals surface area contributed by atoms with Gasteiger partial charge in [-0.25, -0.2) is 4.79 Å². The van der Waals surface area contributed by atoms with Gasteiger partial charge in [0.1, 0.15) is 11.5 Å². The molecule has 0 radical (unpaired) electrons. The van der Waals surface area contributed by atoms with Crippen molar-refractivity contribution < 1.29 is 19.7 Å². The Kier molecular flexibility index (Phi) is 10.0. The Morgan fingerprint density at radius 3 is 2.66 bits per heavy atom. The van der Waals surface area contributed by atoms with E-state index in [1.807, 2.05) is 6.07 Å². The molecule has 0 amide bonds. The van der Waals surface area contributed by atoms with Crippen LogP contribution in [0.1, 0.15) is 64.7 Å². The van der Waals surface area contributed by atoms with E-state index in [9.17, 15) is 9.90 Å². The van der Waals surface area contributed by atoms with Crippen molar-refractivity contribution in [3.63, 3.8) is 0 Å². The molecule has 4 atom stereocenters. The first-order valence-corrected chi connectivity index (χ1v) is 13.0. The highest BCUT2D eigenvalue weighted by Crippen LogP contribution is 2.42. The number of aryl methyl sites for hydroxylation is 3. The number of hydrogen-bond donors (Lipinski definition) is 2. The Morgan fingerprint density at radius 1 is 1.12 bits per heavy atom. The van der Waals surface area contributed by atoms with Gasteiger partial charge in [-0.2, -0.15) is 0 Å². The number of halogens is 1. The first-order chi connectivity index (χ1) is 15.5. The van der Waals surface area contributed by atoms with Gasteiger partial charge in [-0.15, -0.1) is 22.9 Å². The smallest absolute Gasteiger partial charge is 0.348 e. The van der Waals surface area contributed by atoms with Crippen molar-refractivity contribution in [3.8, 4) is 0 Å². The second-order valence-corrected chi connectivity index (χ2v) is 10.5. The molecule has 1 aromatic heterocycles. The first-order valence-electron chi connectivity index (χ1n) is 11.8. The summed E-state index contributed by atoms with van der Waals surface area (Å²) >= 11 is 8.09. The molecule has 1 fully saturated rings. The highest BCUT2D eigenvalue weighted by atomic mass is 35.5. The van der Waals surface area contributed by atoms with Crippen LogP contribution in [0, 0.1) is 11.8 Å². The third kappa shape index (κ3) is 7.05. The molecule has 2 aromatic rings. The topological polar surface area (TPSA) is 66.8 Å². The maximum atomic E-state index is 11.9. The molecule has 6 heteroatoms. The van der Waals surface area contributed by atoms with Crippen molar-refractivity contribution in [2.45, 2.75) is 69.8 Å². The van der Waals surface area contributed by atoms with Crippen molar-refractivity contribution in [3.05, 3.63) is 57.3 Å². The predicted octanol–water partition coefficient (Wildman–Crippen LogP) is 5.41. The van der Waals surface area contributed by atoms with Gasteiger partial charge in [-0.1, -0.05) is 31.2 Å². The largest absolute Gasteiger partial charge is 0.459 e. The van der Waals surface area contributed by atoms with Crippen molar-refractivity contribution in [2.24, 2.45) is 11.8 Å². The molecule has 3 rings (SSSR count). The van der Waals surface area contributed by atoms with Crippen LogP contribution in [-0.2, 0) is 24.0 Å². The van der Waals surface area contributed by atoms with Crippen molar-refractivity contribution in [1.82, 2.24) is 0 Å². The van der Waals surface area contributed by atoms with Gasteiger partial charge in [0.2, 0.25) is 0 Å². The Hall–Kier alpha value is -1.40. The zero-order valence-electron chi connectivity index (χ0n) is 18.8. The zero-order valence-corrected chi connectivity index (χ0v) is 20.4. The molecule has 1 saturated carbocycles. The third-order valence-electron chi connectivity index (χ3n) is 6.53. The van der Waals surface area contributed by atoms with E-state index in [1.54, 1.807) is 6.07 Å². The molecule has 1 aromatic carbocycles. The predicted molar refractivity (Wildman–Crippen MR) is 131 cm³/mol. The van der Waals surface area contributed by atoms with Crippen LogP contribution in [0.5, 0.6) is 0 Å². The van der Waals surface area contributed by atoms with E-state index in [4.69, 9.17) is 21.4 Å². The number of rotatable bonds is 12. The summed E-state index contributed by atoms with van der Waals surface area (Å²) in [6, 6.07) is 12.6. The lowest BCUT2D eigenvalue weighted by atomic mass is 9.85. The maximum absolute atomic E-state index is 11.9. The van der Waals surface area contributed by atoms with Crippen LogP contribution >= 0.6 is 22.9 Å². The van der Waals surface area contributed by atoms with Gasteiger partial charge in [-0.05, 0) is 86.5 Å². The Balaban J connectivity index is 1.47. The Bertz CT molecular complexity index is 852. The lowest BCUT2D eigenvalue weighted by Crippen LogP contribution is -2.21. The fourth-order valence-electron chi connectivity index (χ4n) is 4.83. The van der Waals surface area contributed by atoms with E-state index in [-0.39, 0.29) is 36.6 Å². The summed E-state index contributed by atoms with van der Waals surface area (Å²) in [5.74, 6) is 0.224. The summed E-state index contributed by atoms with van der Waals surface area (Å²) in [6.07, 6.45) is 7.42. The lowest BCUT2D eigenvalue weighted by molar-refractivity contribution is 0.0439. The molecule has 1 aliphatic rings. The van der Waals surface area contributed by atoms with Gasteiger partial charge in [0, 0.05) is 10.3 Å². The second-order valence-electron chi connectivity index (χ2n) is 8.73. The Labute approximate surface area is 200 Å². The van der Waals surface area contributed by atoms with Crippen LogP contribution in [0.25, 0.3) is 0 Å². The number of carbonyl (C=O) groups excluding carboxylic acids is 1. The van der Waals surface area contributed by atoms with Crippen LogP contribution < -0.4 is 0 Å². The van der Waals surface area contributed by atoms with E-state index in [1.165, 1.54) is 22.5 Å². The summed E-state index contributed by atoms with van der Waals surface area (Å²) in [4.78, 5) is 13.6. The van der Waals surface area contributed by atoms with Crippen molar-refractivity contribution in [1.29, 1.82) is 0 Å². The molecule has 32 heavy (non-hydrogen) atoms. The quantitative estimate of drug-likeness (QED) is 0.316. The van der Waals surface area contributed by atoms with Gasteiger partial charge in [-0.3, -0.25) is 0 Å². The van der Waals surface area contributed by atoms with Gasteiger partial charge in [0.25, 0.3) is 0 Å². The van der Waals surface area contributed by atoms with E-state index in [2.05, 4.69) is 31.2 Å². The minimum atomic E-state index is -0.375. The normalized spacial score (nSPS) is 22.9. The Morgan fingerprint density at radius 2 is 1.88 bits per heavy atom. The molecule has 2 N–H and O–H groups in total. The standard InChI is InChI=1S/C26H35ClO4S/c1-2-18-6-3-7-19(16-18)8-4-11-22-21(23(27)17-24(22)29)10-5-9-20-12-13-25(32-20)26(30)31-15-14-28/h3,6-7,12-13,16,21-24,28-29H,2,4-5,8-11,14-15,17H2,1H3/t21-,22-,23-,24-/m1/s1. The highest BCUT2D eigenvalue weighted by Gasteiger charge is 2.40. The van der Waals surface area contributed by atoms with E-state index in [0.29, 0.717) is 17.2 Å². The number of ether oxygens (including phenoxy) is 1. The van der Waals surface area contributed by atoms with Crippen molar-refractivity contribution >= 4 is 28.9 Å². The summed E-state index contributed by atoms with van der Waals surface area (Å²) in [7, 11) is 0. The summed E-state index contributed by atoms with van der Waals surface area (Å²) in [6.45, 7) is 2.04. The van der Waals surface area contributed by atoms with Crippen LogP contribution in [0.3, 0.4) is 0 Å². The average Bonchev–Trinajstić information content (AvgIpc) is 3.37. The number of alkyl halides is 1. The number of hydrogen-bond acceptors (Lipinski definition) is 5. The molecule has 0 bridgehead atoms. The summed E-state index contributed by atoms with van der Waals surface area (Å²) in [5, 5.41) is 19.4. The van der Waals surface area contributed by atoms with Gasteiger partial charge < -0.3 is 14.9 Å². The minimum absolute atomic E-state index is 0.0264.